The summed E-state index contributed by atoms with van der Waals surface area (Å²) in [5.41, 5.74) is 1.13. The van der Waals surface area contributed by atoms with Gasteiger partial charge in [0.2, 0.25) is 0 Å². The van der Waals surface area contributed by atoms with Crippen molar-refractivity contribution in [2.24, 2.45) is 0 Å². The van der Waals surface area contributed by atoms with Crippen LogP contribution in [0.15, 0.2) is 27.9 Å². The second-order valence-electron chi connectivity index (χ2n) is 1.77. The molecule has 0 atom stereocenters. The highest BCUT2D eigenvalue weighted by atomic mass is 79.9. The van der Waals surface area contributed by atoms with E-state index >= 15 is 0 Å². The van der Waals surface area contributed by atoms with Crippen LogP contribution in [-0.4, -0.2) is 0 Å². The minimum absolute atomic E-state index is 0.944. The van der Waals surface area contributed by atoms with E-state index in [2.05, 4.69) is 36.8 Å². The molecule has 0 bridgehead atoms. The summed E-state index contributed by atoms with van der Waals surface area (Å²) in [4.78, 5) is 2.98. The molecule has 52 valence electrons. The normalized spacial score (nSPS) is 9.00. The van der Waals surface area contributed by atoms with Gasteiger partial charge >= 0.3 is 0 Å². The number of aromatic nitrogens is 1. The minimum atomic E-state index is 0.944. The van der Waals surface area contributed by atoms with Crippen LogP contribution in [0.25, 0.3) is 6.08 Å². The fourth-order valence-electron chi connectivity index (χ4n) is 0.623. The number of hydrogen-bond donors (Lipinski definition) is 0. The van der Waals surface area contributed by atoms with Crippen LogP contribution < -0.4 is 4.98 Å². The highest BCUT2D eigenvalue weighted by Crippen LogP contribution is 2.16. The van der Waals surface area contributed by atoms with Crippen molar-refractivity contribution in [3.63, 3.8) is 0 Å². The van der Waals surface area contributed by atoms with E-state index in [0.717, 1.165) is 8.96 Å². The number of halogens is 2. The molecule has 0 saturated heterocycles. The molecule has 1 aromatic rings. The minimum Gasteiger partial charge on any atom is -0.217 e. The van der Waals surface area contributed by atoms with Gasteiger partial charge in [-0.3, -0.25) is 0 Å². The van der Waals surface area contributed by atoms with Crippen LogP contribution in [0, 0.1) is 0 Å². The maximum atomic E-state index is 3.27. The van der Waals surface area contributed by atoms with Gasteiger partial charge in [-0.2, -0.15) is 0 Å². The fourth-order valence-corrected chi connectivity index (χ4v) is 1.15. The number of nitrogens with one attached hydrogen (secondary N) is 1. The summed E-state index contributed by atoms with van der Waals surface area (Å²) in [6.07, 6.45) is 5.76. The zero-order valence-corrected chi connectivity index (χ0v) is 8.31. The number of pyridine rings is 1. The van der Waals surface area contributed by atoms with Gasteiger partial charge in [0.15, 0.2) is 12.4 Å². The van der Waals surface area contributed by atoms with E-state index in [1.807, 2.05) is 30.6 Å². The first-order chi connectivity index (χ1) is 4.79. The molecule has 0 unspecified atom stereocenters. The summed E-state index contributed by atoms with van der Waals surface area (Å²) < 4.78 is 0.944. The zero-order chi connectivity index (χ0) is 7.40. The van der Waals surface area contributed by atoms with Crippen molar-refractivity contribution in [1.29, 1.82) is 0 Å². The SMILES string of the molecule is BrC(Br)=Cc1ccc[nH+]c1. The van der Waals surface area contributed by atoms with E-state index in [0.29, 0.717) is 0 Å². The molecule has 0 aliphatic carbocycles. The Kier molecular flexibility index (Phi) is 3.09. The molecular weight excluding hydrogens is 258 g/mol. The van der Waals surface area contributed by atoms with Gasteiger partial charge in [0, 0.05) is 11.6 Å². The molecule has 1 nitrogen and oxygen atoms in total. The average Bonchev–Trinajstić information content (AvgIpc) is 1.88. The molecule has 3 heteroatoms. The Labute approximate surface area is 76.4 Å². The quantitative estimate of drug-likeness (QED) is 0.740. The van der Waals surface area contributed by atoms with Crippen LogP contribution in [-0.2, 0) is 0 Å². The van der Waals surface area contributed by atoms with E-state index in [1.54, 1.807) is 0 Å². The van der Waals surface area contributed by atoms with Gasteiger partial charge in [0.25, 0.3) is 0 Å². The molecular formula is C7H6Br2N+. The monoisotopic (exact) mass is 262 g/mol. The van der Waals surface area contributed by atoms with Crippen molar-refractivity contribution in [3.8, 4) is 0 Å². The molecule has 0 fully saturated rings. The summed E-state index contributed by atoms with van der Waals surface area (Å²) >= 11 is 6.55. The summed E-state index contributed by atoms with van der Waals surface area (Å²) in [6, 6.07) is 3.97. The molecule has 1 N–H and O–H groups in total. The topological polar surface area (TPSA) is 14.1 Å². The van der Waals surface area contributed by atoms with Crippen LogP contribution in [0.2, 0.25) is 0 Å². The molecule has 0 amide bonds. The fraction of sp³-hybridized carbons (Fsp3) is 0. The largest absolute Gasteiger partial charge is 0.217 e. The van der Waals surface area contributed by atoms with Crippen molar-refractivity contribution in [3.05, 3.63) is 33.5 Å². The van der Waals surface area contributed by atoms with E-state index < -0.39 is 0 Å². The van der Waals surface area contributed by atoms with Crippen molar-refractivity contribution in [1.82, 2.24) is 0 Å². The lowest BCUT2D eigenvalue weighted by Gasteiger charge is -1.84. The lowest BCUT2D eigenvalue weighted by atomic mass is 10.3. The third-order valence-electron chi connectivity index (χ3n) is 1.01. The Balaban J connectivity index is 2.87. The standard InChI is InChI=1S/C7H5Br2N/c8-7(9)4-6-2-1-3-10-5-6/h1-5H/p+1. The molecule has 0 aliphatic rings. The van der Waals surface area contributed by atoms with Crippen LogP contribution in [0.4, 0.5) is 0 Å². The van der Waals surface area contributed by atoms with E-state index in [9.17, 15) is 0 Å². The van der Waals surface area contributed by atoms with Gasteiger partial charge in [0.05, 0.1) is 3.39 Å². The highest BCUT2D eigenvalue weighted by molar-refractivity contribution is 9.28. The molecule has 1 aromatic heterocycles. The molecule has 0 saturated carbocycles. The maximum absolute atomic E-state index is 3.27. The highest BCUT2D eigenvalue weighted by Gasteiger charge is 1.89. The number of rotatable bonds is 1. The lowest BCUT2D eigenvalue weighted by molar-refractivity contribution is -0.378. The van der Waals surface area contributed by atoms with E-state index in [1.165, 1.54) is 0 Å². The smallest absolute Gasteiger partial charge is 0.174 e. The average molecular weight is 264 g/mol. The van der Waals surface area contributed by atoms with Crippen LogP contribution in [0.5, 0.6) is 0 Å². The van der Waals surface area contributed by atoms with Crippen molar-refractivity contribution >= 4 is 37.9 Å². The zero-order valence-electron chi connectivity index (χ0n) is 5.14. The van der Waals surface area contributed by atoms with Crippen LogP contribution >= 0.6 is 31.9 Å². The molecule has 0 aromatic carbocycles. The number of H-pyrrole nitrogens is 1. The predicted octanol–water partition coefficient (Wildman–Crippen LogP) is 2.59. The summed E-state index contributed by atoms with van der Waals surface area (Å²) in [5.74, 6) is 0. The Hall–Kier alpha value is -0.150. The third-order valence-corrected chi connectivity index (χ3v) is 1.46. The first-order valence-corrected chi connectivity index (χ1v) is 4.36. The summed E-state index contributed by atoms with van der Waals surface area (Å²) in [6.45, 7) is 0. The Morgan fingerprint density at radius 2 is 2.30 bits per heavy atom. The maximum Gasteiger partial charge on any atom is 0.174 e. The molecule has 1 heterocycles. The Morgan fingerprint density at radius 3 is 2.80 bits per heavy atom. The van der Waals surface area contributed by atoms with Crippen molar-refractivity contribution in [2.75, 3.05) is 0 Å². The second kappa shape index (κ2) is 3.88. The van der Waals surface area contributed by atoms with Gasteiger partial charge < -0.3 is 0 Å². The van der Waals surface area contributed by atoms with Crippen molar-refractivity contribution in [2.45, 2.75) is 0 Å². The van der Waals surface area contributed by atoms with E-state index in [-0.39, 0.29) is 0 Å². The van der Waals surface area contributed by atoms with E-state index in [4.69, 9.17) is 0 Å². The lowest BCUT2D eigenvalue weighted by Crippen LogP contribution is -1.97. The first kappa shape index (κ1) is 7.95. The molecule has 0 aliphatic heterocycles. The number of aromatic amines is 1. The molecule has 0 radical (unpaired) electrons. The molecule has 1 rings (SSSR count). The Morgan fingerprint density at radius 1 is 1.50 bits per heavy atom. The first-order valence-electron chi connectivity index (χ1n) is 2.78. The second-order valence-corrected chi connectivity index (χ2v) is 4.54. The molecule has 10 heavy (non-hydrogen) atoms. The predicted molar refractivity (Wildman–Crippen MR) is 48.8 cm³/mol. The number of hydrogen-bond acceptors (Lipinski definition) is 0. The van der Waals surface area contributed by atoms with Crippen molar-refractivity contribution < 1.29 is 4.98 Å². The third kappa shape index (κ3) is 2.62. The van der Waals surface area contributed by atoms with Gasteiger partial charge in [-0.15, -0.1) is 0 Å². The summed E-state index contributed by atoms with van der Waals surface area (Å²) in [7, 11) is 0. The van der Waals surface area contributed by atoms with Gasteiger partial charge in [0.1, 0.15) is 0 Å². The molecule has 0 spiro atoms. The van der Waals surface area contributed by atoms with Gasteiger partial charge in [-0.1, -0.05) is 0 Å². The van der Waals surface area contributed by atoms with Crippen LogP contribution in [0.1, 0.15) is 5.56 Å². The van der Waals surface area contributed by atoms with Gasteiger partial charge in [-0.25, -0.2) is 4.98 Å². The van der Waals surface area contributed by atoms with Gasteiger partial charge in [-0.05, 0) is 44.0 Å². The Bertz CT molecular complexity index is 227. The summed E-state index contributed by atoms with van der Waals surface area (Å²) in [5, 5.41) is 0. The van der Waals surface area contributed by atoms with Crippen LogP contribution in [0.3, 0.4) is 0 Å².